The average molecular weight is 254 g/mol. The number of fused-ring (bicyclic) bond motifs is 1. The van der Waals surface area contributed by atoms with Gasteiger partial charge in [0.15, 0.2) is 0 Å². The van der Waals surface area contributed by atoms with Crippen LogP contribution in [-0.2, 0) is 0 Å². The van der Waals surface area contributed by atoms with Gasteiger partial charge in [-0.3, -0.25) is 4.79 Å². The molecule has 1 aromatic heterocycles. The predicted octanol–water partition coefficient (Wildman–Crippen LogP) is 4.59. The van der Waals surface area contributed by atoms with Crippen LogP contribution < -0.4 is 5.43 Å². The maximum absolute atomic E-state index is 12.4. The summed E-state index contributed by atoms with van der Waals surface area (Å²) in [7, 11) is 0. The van der Waals surface area contributed by atoms with Crippen LogP contribution in [0, 0.1) is 0 Å². The largest absolute Gasteiger partial charge is 0.456 e. The van der Waals surface area contributed by atoms with E-state index >= 15 is 0 Å². The van der Waals surface area contributed by atoms with Crippen molar-refractivity contribution in [3.05, 3.63) is 58.0 Å². The van der Waals surface area contributed by atoms with Gasteiger partial charge in [-0.1, -0.05) is 38.6 Å². The molecular formula is C17H18O2. The van der Waals surface area contributed by atoms with Gasteiger partial charge in [0.05, 0.1) is 10.9 Å². The van der Waals surface area contributed by atoms with E-state index in [0.717, 1.165) is 5.56 Å². The molecule has 1 heterocycles. The lowest BCUT2D eigenvalue weighted by Crippen LogP contribution is -2.07. The molecule has 0 N–H and O–H groups in total. The van der Waals surface area contributed by atoms with Gasteiger partial charge in [-0.15, -0.1) is 0 Å². The Bertz CT molecular complexity index is 703. The van der Waals surface area contributed by atoms with Gasteiger partial charge in [0, 0.05) is 0 Å². The summed E-state index contributed by atoms with van der Waals surface area (Å²) in [5.41, 5.74) is 2.28. The molecule has 2 heteroatoms. The van der Waals surface area contributed by atoms with Gasteiger partial charge in [-0.05, 0) is 36.6 Å². The number of hydrogen-bond donors (Lipinski definition) is 0. The third-order valence-corrected chi connectivity index (χ3v) is 3.17. The van der Waals surface area contributed by atoms with Crippen molar-refractivity contribution in [3.8, 4) is 0 Å². The standard InChI is InChI=1S/C17H18O2/c1-5-7-15-13(6-2)17(18)14-9-8-12(11(3)4)10-16(14)19-15/h5-11H,2H2,1,3-4H3/b7-5-. The van der Waals surface area contributed by atoms with Crippen molar-refractivity contribution < 1.29 is 4.42 Å². The van der Waals surface area contributed by atoms with Crippen LogP contribution in [0.25, 0.3) is 23.1 Å². The lowest BCUT2D eigenvalue weighted by molar-refractivity contribution is 0.588. The molecule has 0 amide bonds. The Morgan fingerprint density at radius 1 is 1.32 bits per heavy atom. The lowest BCUT2D eigenvalue weighted by Gasteiger charge is -2.08. The van der Waals surface area contributed by atoms with E-state index in [1.165, 1.54) is 0 Å². The molecule has 0 bridgehead atoms. The van der Waals surface area contributed by atoms with Gasteiger partial charge in [0.2, 0.25) is 5.43 Å². The molecule has 2 nitrogen and oxygen atoms in total. The Balaban J connectivity index is 2.83. The van der Waals surface area contributed by atoms with Crippen molar-refractivity contribution in [2.24, 2.45) is 0 Å². The molecule has 19 heavy (non-hydrogen) atoms. The molecule has 0 spiro atoms. The summed E-state index contributed by atoms with van der Waals surface area (Å²) >= 11 is 0. The minimum Gasteiger partial charge on any atom is -0.456 e. The van der Waals surface area contributed by atoms with E-state index in [4.69, 9.17) is 4.42 Å². The van der Waals surface area contributed by atoms with Crippen molar-refractivity contribution in [1.29, 1.82) is 0 Å². The fourth-order valence-electron chi connectivity index (χ4n) is 2.07. The molecular weight excluding hydrogens is 236 g/mol. The monoisotopic (exact) mass is 254 g/mol. The zero-order valence-electron chi connectivity index (χ0n) is 11.6. The smallest absolute Gasteiger partial charge is 0.200 e. The fourth-order valence-corrected chi connectivity index (χ4v) is 2.07. The summed E-state index contributed by atoms with van der Waals surface area (Å²) in [6.07, 6.45) is 5.19. The first-order valence-corrected chi connectivity index (χ1v) is 6.44. The average Bonchev–Trinajstić information content (AvgIpc) is 2.39. The molecule has 0 aliphatic carbocycles. The van der Waals surface area contributed by atoms with Crippen LogP contribution in [0.2, 0.25) is 0 Å². The molecule has 0 radical (unpaired) electrons. The van der Waals surface area contributed by atoms with Crippen LogP contribution in [0.5, 0.6) is 0 Å². The van der Waals surface area contributed by atoms with E-state index in [1.807, 2.05) is 31.2 Å². The Morgan fingerprint density at radius 2 is 2.05 bits per heavy atom. The second-order valence-corrected chi connectivity index (χ2v) is 4.82. The van der Waals surface area contributed by atoms with E-state index in [0.29, 0.717) is 28.2 Å². The molecule has 0 saturated carbocycles. The quantitative estimate of drug-likeness (QED) is 0.801. The minimum atomic E-state index is -0.0281. The molecule has 0 atom stereocenters. The second-order valence-electron chi connectivity index (χ2n) is 4.82. The summed E-state index contributed by atoms with van der Waals surface area (Å²) in [4.78, 5) is 12.4. The van der Waals surface area contributed by atoms with Crippen LogP contribution in [0.3, 0.4) is 0 Å². The highest BCUT2D eigenvalue weighted by Crippen LogP contribution is 2.22. The van der Waals surface area contributed by atoms with Gasteiger partial charge in [-0.2, -0.15) is 0 Å². The second kappa shape index (κ2) is 5.27. The van der Waals surface area contributed by atoms with Crippen LogP contribution >= 0.6 is 0 Å². The molecule has 0 saturated heterocycles. The molecule has 0 aliphatic rings. The Kier molecular flexibility index (Phi) is 3.70. The SMILES string of the molecule is C=Cc1c(/C=C\C)oc2cc(C(C)C)ccc2c1=O. The fraction of sp³-hybridized carbons (Fsp3) is 0.235. The van der Waals surface area contributed by atoms with E-state index in [9.17, 15) is 4.79 Å². The summed E-state index contributed by atoms with van der Waals surface area (Å²) < 4.78 is 5.84. The first-order chi connectivity index (χ1) is 9.08. The van der Waals surface area contributed by atoms with Crippen molar-refractivity contribution in [2.45, 2.75) is 26.7 Å². The molecule has 2 aromatic rings. The maximum Gasteiger partial charge on any atom is 0.200 e. The zero-order chi connectivity index (χ0) is 14.0. The molecule has 0 aliphatic heterocycles. The van der Waals surface area contributed by atoms with Crippen molar-refractivity contribution in [1.82, 2.24) is 0 Å². The van der Waals surface area contributed by atoms with Gasteiger partial charge >= 0.3 is 0 Å². The van der Waals surface area contributed by atoms with Gasteiger partial charge in [0.25, 0.3) is 0 Å². The van der Waals surface area contributed by atoms with Crippen molar-refractivity contribution in [2.75, 3.05) is 0 Å². The molecule has 0 unspecified atom stereocenters. The zero-order valence-corrected chi connectivity index (χ0v) is 11.6. The summed E-state index contributed by atoms with van der Waals surface area (Å²) in [5, 5.41) is 0.604. The maximum atomic E-state index is 12.4. The van der Waals surface area contributed by atoms with Crippen molar-refractivity contribution >= 4 is 23.1 Å². The first kappa shape index (κ1) is 13.3. The summed E-state index contributed by atoms with van der Waals surface area (Å²) in [5.74, 6) is 0.967. The van der Waals surface area contributed by atoms with Gasteiger partial charge in [-0.25, -0.2) is 0 Å². The summed E-state index contributed by atoms with van der Waals surface area (Å²) in [6.45, 7) is 9.81. The molecule has 98 valence electrons. The van der Waals surface area contributed by atoms with E-state index in [1.54, 1.807) is 12.2 Å². The Hall–Kier alpha value is -2.09. The third-order valence-electron chi connectivity index (χ3n) is 3.17. The first-order valence-electron chi connectivity index (χ1n) is 6.44. The number of rotatable bonds is 3. The highest BCUT2D eigenvalue weighted by molar-refractivity contribution is 5.81. The highest BCUT2D eigenvalue weighted by Gasteiger charge is 2.11. The van der Waals surface area contributed by atoms with Crippen LogP contribution in [0.15, 0.2) is 40.1 Å². The summed E-state index contributed by atoms with van der Waals surface area (Å²) in [6, 6.07) is 5.76. The lowest BCUT2D eigenvalue weighted by atomic mass is 10.0. The highest BCUT2D eigenvalue weighted by atomic mass is 16.3. The van der Waals surface area contributed by atoms with Gasteiger partial charge < -0.3 is 4.42 Å². The topological polar surface area (TPSA) is 30.2 Å². The normalized spacial score (nSPS) is 11.6. The minimum absolute atomic E-state index is 0.0281. The van der Waals surface area contributed by atoms with E-state index in [-0.39, 0.29) is 5.43 Å². The van der Waals surface area contributed by atoms with Crippen LogP contribution in [0.1, 0.15) is 43.6 Å². The number of allylic oxidation sites excluding steroid dienone is 1. The molecule has 1 aromatic carbocycles. The number of benzene rings is 1. The van der Waals surface area contributed by atoms with Crippen LogP contribution in [0.4, 0.5) is 0 Å². The third kappa shape index (κ3) is 2.39. The Labute approximate surface area is 113 Å². The Morgan fingerprint density at radius 3 is 2.63 bits per heavy atom. The predicted molar refractivity (Wildman–Crippen MR) is 81.4 cm³/mol. The van der Waals surface area contributed by atoms with E-state index < -0.39 is 0 Å². The van der Waals surface area contributed by atoms with E-state index in [2.05, 4.69) is 20.4 Å². The van der Waals surface area contributed by atoms with Crippen LogP contribution in [-0.4, -0.2) is 0 Å². The molecule has 2 rings (SSSR count). The molecule has 0 fully saturated rings. The van der Waals surface area contributed by atoms with Gasteiger partial charge in [0.1, 0.15) is 11.3 Å². The number of hydrogen-bond acceptors (Lipinski definition) is 2. The van der Waals surface area contributed by atoms with Crippen molar-refractivity contribution in [3.63, 3.8) is 0 Å².